The molecular formula is C22H19FN4O. The lowest BCUT2D eigenvalue weighted by Gasteiger charge is -2.11. The van der Waals surface area contributed by atoms with Gasteiger partial charge in [0.1, 0.15) is 0 Å². The van der Waals surface area contributed by atoms with E-state index in [2.05, 4.69) is 20.8 Å². The fraction of sp³-hybridized carbons (Fsp3) is 0.0909. The van der Waals surface area contributed by atoms with Gasteiger partial charge in [-0.3, -0.25) is 5.10 Å². The minimum absolute atomic E-state index is 0.315. The van der Waals surface area contributed by atoms with Crippen molar-refractivity contribution < 1.29 is 9.18 Å². The average molecular weight is 374 g/mol. The Morgan fingerprint density at radius 3 is 2.57 bits per heavy atom. The van der Waals surface area contributed by atoms with Crippen molar-refractivity contribution in [1.82, 2.24) is 10.2 Å². The van der Waals surface area contributed by atoms with Gasteiger partial charge >= 0.3 is 6.03 Å². The summed E-state index contributed by atoms with van der Waals surface area (Å²) in [5.74, 6) is -0.527. The van der Waals surface area contributed by atoms with E-state index in [1.165, 1.54) is 0 Å². The Morgan fingerprint density at radius 1 is 1.00 bits per heavy atom. The summed E-state index contributed by atoms with van der Waals surface area (Å²) >= 11 is 0. The zero-order chi connectivity index (χ0) is 19.7. The van der Waals surface area contributed by atoms with Crippen LogP contribution in [-0.4, -0.2) is 16.2 Å². The number of H-pyrrole nitrogens is 1. The van der Waals surface area contributed by atoms with Gasteiger partial charge in [-0.25, -0.2) is 4.79 Å². The number of fused-ring (bicyclic) bond motifs is 1. The summed E-state index contributed by atoms with van der Waals surface area (Å²) < 4.78 is 14.0. The summed E-state index contributed by atoms with van der Waals surface area (Å²) in [4.78, 5) is 12.3. The number of nitrogens with zero attached hydrogens (tertiary/aromatic N) is 1. The summed E-state index contributed by atoms with van der Waals surface area (Å²) in [5, 5.41) is 12.4. The number of rotatable bonds is 3. The van der Waals surface area contributed by atoms with E-state index < -0.39 is 5.95 Å². The van der Waals surface area contributed by atoms with E-state index in [9.17, 15) is 9.18 Å². The Morgan fingerprint density at radius 2 is 1.79 bits per heavy atom. The second-order valence-electron chi connectivity index (χ2n) is 6.72. The number of nitrogens with one attached hydrogen (secondary N) is 3. The summed E-state index contributed by atoms with van der Waals surface area (Å²) in [5.41, 5.74) is 5.71. The van der Waals surface area contributed by atoms with Crippen LogP contribution in [0.4, 0.5) is 20.6 Å². The molecule has 4 aromatic rings. The summed E-state index contributed by atoms with van der Waals surface area (Å²) in [6, 6.07) is 18.3. The first kappa shape index (κ1) is 17.7. The van der Waals surface area contributed by atoms with Crippen molar-refractivity contribution in [1.29, 1.82) is 0 Å². The van der Waals surface area contributed by atoms with Crippen molar-refractivity contribution in [2.45, 2.75) is 13.8 Å². The normalized spacial score (nSPS) is 10.8. The molecule has 6 heteroatoms. The lowest BCUT2D eigenvalue weighted by Crippen LogP contribution is -2.20. The van der Waals surface area contributed by atoms with E-state index in [1.807, 2.05) is 56.3 Å². The average Bonchev–Trinajstić information content (AvgIpc) is 3.07. The number of anilines is 2. The molecule has 5 nitrogen and oxygen atoms in total. The van der Waals surface area contributed by atoms with Gasteiger partial charge in [-0.05, 0) is 60.4 Å². The largest absolute Gasteiger partial charge is 0.323 e. The molecule has 0 aliphatic rings. The van der Waals surface area contributed by atoms with Gasteiger partial charge in [-0.2, -0.15) is 4.39 Å². The Bertz CT molecular complexity index is 1170. The maximum atomic E-state index is 14.0. The molecule has 2 amide bonds. The van der Waals surface area contributed by atoms with Crippen molar-refractivity contribution >= 4 is 28.3 Å². The minimum atomic E-state index is -0.527. The first-order chi connectivity index (χ1) is 13.5. The highest BCUT2D eigenvalue weighted by Gasteiger charge is 2.11. The highest BCUT2D eigenvalue weighted by Crippen LogP contribution is 2.30. The van der Waals surface area contributed by atoms with Crippen molar-refractivity contribution in [3.63, 3.8) is 0 Å². The maximum absolute atomic E-state index is 14.0. The molecule has 0 aliphatic carbocycles. The first-order valence-corrected chi connectivity index (χ1v) is 8.89. The number of hydrogen-bond donors (Lipinski definition) is 3. The molecular weight excluding hydrogens is 355 g/mol. The van der Waals surface area contributed by atoms with Crippen molar-refractivity contribution in [3.8, 4) is 11.1 Å². The van der Waals surface area contributed by atoms with Gasteiger partial charge in [-0.15, -0.1) is 5.10 Å². The predicted octanol–water partition coefficient (Wildman–Crippen LogP) is 5.63. The number of benzene rings is 3. The van der Waals surface area contributed by atoms with Gasteiger partial charge in [0.2, 0.25) is 5.95 Å². The molecule has 140 valence electrons. The zero-order valence-electron chi connectivity index (χ0n) is 15.5. The van der Waals surface area contributed by atoms with Crippen LogP contribution in [0.1, 0.15) is 11.1 Å². The van der Waals surface area contributed by atoms with Crippen LogP contribution in [0.2, 0.25) is 0 Å². The fourth-order valence-electron chi connectivity index (χ4n) is 3.16. The summed E-state index contributed by atoms with van der Waals surface area (Å²) in [6.45, 7) is 3.92. The molecule has 0 spiro atoms. The van der Waals surface area contributed by atoms with E-state index in [1.54, 1.807) is 18.2 Å². The van der Waals surface area contributed by atoms with E-state index in [4.69, 9.17) is 0 Å². The van der Waals surface area contributed by atoms with E-state index in [-0.39, 0.29) is 6.03 Å². The molecule has 0 radical (unpaired) electrons. The molecule has 3 aromatic carbocycles. The Balaban J connectivity index is 1.52. The fourth-order valence-corrected chi connectivity index (χ4v) is 3.16. The van der Waals surface area contributed by atoms with Gasteiger partial charge in [0.05, 0.1) is 10.9 Å². The molecule has 0 fully saturated rings. The van der Waals surface area contributed by atoms with Crippen LogP contribution in [0.3, 0.4) is 0 Å². The van der Waals surface area contributed by atoms with Crippen molar-refractivity contribution in [2.24, 2.45) is 0 Å². The topological polar surface area (TPSA) is 69.8 Å². The predicted molar refractivity (Wildman–Crippen MR) is 110 cm³/mol. The van der Waals surface area contributed by atoms with Crippen LogP contribution in [-0.2, 0) is 0 Å². The molecule has 4 rings (SSSR count). The molecule has 3 N–H and O–H groups in total. The first-order valence-electron chi connectivity index (χ1n) is 8.89. The third kappa shape index (κ3) is 3.44. The van der Waals surface area contributed by atoms with Crippen LogP contribution in [0.15, 0.2) is 60.7 Å². The second-order valence-corrected chi connectivity index (χ2v) is 6.72. The molecule has 0 aliphatic heterocycles. The number of amides is 2. The summed E-state index contributed by atoms with van der Waals surface area (Å²) in [6.07, 6.45) is 0. The quantitative estimate of drug-likeness (QED) is 0.435. The monoisotopic (exact) mass is 374 g/mol. The number of aromatic amines is 1. The number of urea groups is 1. The van der Waals surface area contributed by atoms with Crippen LogP contribution >= 0.6 is 0 Å². The molecule has 1 aromatic heterocycles. The van der Waals surface area contributed by atoms with Gasteiger partial charge in [0.25, 0.3) is 0 Å². The zero-order valence-corrected chi connectivity index (χ0v) is 15.5. The second kappa shape index (κ2) is 7.15. The van der Waals surface area contributed by atoms with E-state index in [0.717, 1.165) is 27.9 Å². The number of carbonyl (C=O) groups excluding carboxylic acids is 1. The lowest BCUT2D eigenvalue weighted by atomic mass is 10.0. The molecule has 0 saturated carbocycles. The van der Waals surface area contributed by atoms with Crippen LogP contribution in [0, 0.1) is 19.8 Å². The van der Waals surface area contributed by atoms with Gasteiger partial charge in [0, 0.05) is 11.4 Å². The number of aryl methyl sites for hydroxylation is 2. The van der Waals surface area contributed by atoms with E-state index >= 15 is 0 Å². The van der Waals surface area contributed by atoms with Gasteiger partial charge in [0.15, 0.2) is 0 Å². The summed E-state index contributed by atoms with van der Waals surface area (Å²) in [7, 11) is 0. The van der Waals surface area contributed by atoms with Crippen LogP contribution < -0.4 is 10.6 Å². The van der Waals surface area contributed by atoms with E-state index in [0.29, 0.717) is 16.6 Å². The minimum Gasteiger partial charge on any atom is -0.308 e. The third-order valence-electron chi connectivity index (χ3n) is 4.64. The molecule has 1 heterocycles. The number of halogens is 1. The van der Waals surface area contributed by atoms with Gasteiger partial charge < -0.3 is 10.6 Å². The number of hydrogen-bond acceptors (Lipinski definition) is 2. The lowest BCUT2D eigenvalue weighted by molar-refractivity contribution is 0.262. The molecule has 0 bridgehead atoms. The Hall–Kier alpha value is -3.67. The Kier molecular flexibility index (Phi) is 4.53. The molecule has 0 atom stereocenters. The highest BCUT2D eigenvalue weighted by atomic mass is 19.1. The number of aromatic nitrogens is 2. The highest BCUT2D eigenvalue weighted by molar-refractivity contribution is 6.00. The molecule has 0 saturated heterocycles. The smallest absolute Gasteiger partial charge is 0.308 e. The molecule has 0 unspecified atom stereocenters. The molecule has 28 heavy (non-hydrogen) atoms. The maximum Gasteiger partial charge on any atom is 0.323 e. The van der Waals surface area contributed by atoms with Crippen molar-refractivity contribution in [3.05, 3.63) is 77.7 Å². The Labute approximate surface area is 161 Å². The van der Waals surface area contributed by atoms with Crippen LogP contribution in [0.25, 0.3) is 22.0 Å². The standard InChI is InChI=1S/C22H19FN4O/c1-13-6-7-14(2)19(12-13)25-22(28)24-16-10-8-15(9-11-16)17-4-3-5-18-20(17)21(23)27-26-18/h3-12H,1-2H3,(H,26,27)(H2,24,25,28). The number of carbonyl (C=O) groups is 1. The van der Waals surface area contributed by atoms with Gasteiger partial charge in [-0.1, -0.05) is 36.4 Å². The van der Waals surface area contributed by atoms with Crippen molar-refractivity contribution in [2.75, 3.05) is 10.6 Å². The van der Waals surface area contributed by atoms with Crippen LogP contribution in [0.5, 0.6) is 0 Å². The third-order valence-corrected chi connectivity index (χ3v) is 4.64. The SMILES string of the molecule is Cc1ccc(C)c(NC(=O)Nc2ccc(-c3cccc4[nH]nc(F)c34)cc2)c1.